The molecule has 0 amide bonds. The van der Waals surface area contributed by atoms with Crippen LogP contribution in [0.5, 0.6) is 0 Å². The summed E-state index contributed by atoms with van der Waals surface area (Å²) in [4.78, 5) is 45.7. The van der Waals surface area contributed by atoms with E-state index in [1.807, 2.05) is 18.2 Å². The first-order valence-corrected chi connectivity index (χ1v) is 44.4. The summed E-state index contributed by atoms with van der Waals surface area (Å²) in [6, 6.07) is 147. The summed E-state index contributed by atoms with van der Waals surface area (Å²) in [5.74, 6) is 6.07. The maximum Gasteiger partial charge on any atom is 0.164 e. The number of benzene rings is 18. The molecule has 9 nitrogen and oxygen atoms in total. The number of hydrogen-bond donors (Lipinski definition) is 0. The van der Waals surface area contributed by atoms with Gasteiger partial charge < -0.3 is 0 Å². The smallest absolute Gasteiger partial charge is 0.164 e. The van der Waals surface area contributed by atoms with Crippen LogP contribution in [0, 0.1) is 0 Å². The second-order valence-electron chi connectivity index (χ2n) is 33.1. The number of fused-ring (bicyclic) bond motifs is 10. The largest absolute Gasteiger partial charge is 0.208 e. The van der Waals surface area contributed by atoms with Gasteiger partial charge in [0.15, 0.2) is 52.4 Å². The summed E-state index contributed by atoms with van der Waals surface area (Å²) in [5.41, 5.74) is 26.8. The van der Waals surface area contributed by atoms with E-state index in [1.54, 1.807) is 0 Å². The van der Waals surface area contributed by atoms with Crippen molar-refractivity contribution in [3.8, 4) is 158 Å². The van der Waals surface area contributed by atoms with E-state index < -0.39 is 0 Å². The molecule has 610 valence electrons. The van der Waals surface area contributed by atoms with Crippen LogP contribution in [0.4, 0.5) is 0 Å². The normalized spacial score (nSPS) is 12.5. The highest BCUT2D eigenvalue weighted by molar-refractivity contribution is 5.99. The van der Waals surface area contributed by atoms with E-state index >= 15 is 0 Å². The van der Waals surface area contributed by atoms with Gasteiger partial charge in [0.2, 0.25) is 0 Å². The second-order valence-corrected chi connectivity index (χ2v) is 33.1. The molecule has 0 aliphatic heterocycles. The van der Waals surface area contributed by atoms with Crippen LogP contribution >= 0.6 is 0 Å². The van der Waals surface area contributed by atoms with Crippen molar-refractivity contribution in [2.24, 2.45) is 0 Å². The Morgan fingerprint density at radius 1 is 0.148 bits per heavy atom. The third kappa shape index (κ3) is 14.8. The van der Waals surface area contributed by atoms with Crippen molar-refractivity contribution in [3.05, 3.63) is 441 Å². The summed E-state index contributed by atoms with van der Waals surface area (Å²) in [5, 5.41) is 9.20. The fraction of sp³-hybridized carbons (Fsp3) is 0.0840. The molecule has 0 bridgehead atoms. The van der Waals surface area contributed by atoms with Crippen LogP contribution in [-0.2, 0) is 10.8 Å². The summed E-state index contributed by atoms with van der Waals surface area (Å²) in [6.07, 6.45) is 4.15. The fourth-order valence-electron chi connectivity index (χ4n) is 19.4. The standard InChI is InChI=1S/C47H41N3.C37H25N3.C35H23N3/c1-5-46(6-2)39-19-13-11-17-35(39)37-25-23-33(28-41(37)46)44-48-43(32-22-21-30-15-9-10-16-31(30)27-32)49-45(50-44)34-24-26-38-36-18-12-14-20-40(36)47(7-3,8-4)42(38)29-34;1-3-10-26(11-4-1)28-18-22-31(23-19-28)35-38-36(32-24-20-29(21-25-32)27-12-5-2-6-13-27)40-37(39-35)34-17-9-15-30-14-7-8-16-33(30)34;1-2-10-24(11-3-1)25-20-22-28(23-21-25)33-36-34(31-18-8-14-26-12-4-6-16-29(26)31)38-35(37-33)32-19-9-15-27-13-5-7-17-30(27)32/h9-29H,5-8H2,1-4H3;1-25H;1-23H. The lowest BCUT2D eigenvalue weighted by molar-refractivity contribution is 0.490. The van der Waals surface area contributed by atoms with Gasteiger partial charge in [0.1, 0.15) is 0 Å². The van der Waals surface area contributed by atoms with Crippen molar-refractivity contribution < 1.29 is 0 Å². The first kappa shape index (κ1) is 79.2. The maximum absolute atomic E-state index is 5.29. The highest BCUT2D eigenvalue weighted by Gasteiger charge is 2.42. The van der Waals surface area contributed by atoms with Gasteiger partial charge in [0.25, 0.3) is 0 Å². The molecule has 0 unspecified atom stereocenters. The summed E-state index contributed by atoms with van der Waals surface area (Å²) in [6.45, 7) is 9.28. The molecule has 21 aromatic rings. The third-order valence-electron chi connectivity index (χ3n) is 26.2. The van der Waals surface area contributed by atoms with E-state index in [0.717, 1.165) is 125 Å². The van der Waals surface area contributed by atoms with Crippen molar-refractivity contribution in [1.29, 1.82) is 0 Å². The number of rotatable bonds is 16. The van der Waals surface area contributed by atoms with Crippen LogP contribution in [0.25, 0.3) is 201 Å². The van der Waals surface area contributed by atoms with Crippen LogP contribution in [0.15, 0.2) is 419 Å². The van der Waals surface area contributed by atoms with Gasteiger partial charge in [0.05, 0.1) is 0 Å². The van der Waals surface area contributed by atoms with Crippen molar-refractivity contribution in [2.75, 3.05) is 0 Å². The molecule has 0 spiro atoms. The van der Waals surface area contributed by atoms with E-state index in [0.29, 0.717) is 52.4 Å². The van der Waals surface area contributed by atoms with E-state index in [2.05, 4.69) is 428 Å². The van der Waals surface area contributed by atoms with Crippen LogP contribution in [0.1, 0.15) is 75.6 Å². The molecule has 0 saturated carbocycles. The maximum atomic E-state index is 5.29. The lowest BCUT2D eigenvalue weighted by Gasteiger charge is -2.30. The van der Waals surface area contributed by atoms with Crippen molar-refractivity contribution in [3.63, 3.8) is 0 Å². The van der Waals surface area contributed by atoms with Gasteiger partial charge in [-0.3, -0.25) is 0 Å². The summed E-state index contributed by atoms with van der Waals surface area (Å²) < 4.78 is 0. The minimum atomic E-state index is -0.0302. The third-order valence-corrected chi connectivity index (χ3v) is 26.2. The lowest BCUT2D eigenvalue weighted by atomic mass is 9.73. The van der Waals surface area contributed by atoms with E-state index in [9.17, 15) is 0 Å². The molecule has 9 heteroatoms. The first-order chi connectivity index (χ1) is 63.2. The summed E-state index contributed by atoms with van der Waals surface area (Å²) >= 11 is 0. The van der Waals surface area contributed by atoms with Gasteiger partial charge >= 0.3 is 0 Å². The Kier molecular flexibility index (Phi) is 21.2. The zero-order chi connectivity index (χ0) is 86.1. The lowest BCUT2D eigenvalue weighted by Crippen LogP contribution is -2.23. The van der Waals surface area contributed by atoms with Crippen LogP contribution < -0.4 is 0 Å². The zero-order valence-corrected chi connectivity index (χ0v) is 71.7. The van der Waals surface area contributed by atoms with E-state index in [4.69, 9.17) is 44.9 Å². The molecule has 0 N–H and O–H groups in total. The Morgan fingerprint density at radius 2 is 0.375 bits per heavy atom. The van der Waals surface area contributed by atoms with Crippen LogP contribution in [0.2, 0.25) is 0 Å². The number of aromatic nitrogens is 9. The van der Waals surface area contributed by atoms with Gasteiger partial charge in [-0.25, -0.2) is 44.9 Å². The molecule has 2 aliphatic rings. The van der Waals surface area contributed by atoms with Crippen molar-refractivity contribution >= 4 is 43.1 Å². The Morgan fingerprint density at radius 3 is 0.727 bits per heavy atom. The predicted molar refractivity (Wildman–Crippen MR) is 528 cm³/mol. The van der Waals surface area contributed by atoms with Gasteiger partial charge in [-0.05, 0) is 165 Å². The molecule has 23 rings (SSSR count). The Hall–Kier alpha value is -16.0. The Labute approximate surface area is 746 Å². The second kappa shape index (κ2) is 34.3. The van der Waals surface area contributed by atoms with E-state index in [1.165, 1.54) is 72.0 Å². The molecular formula is C119H89N9. The topological polar surface area (TPSA) is 116 Å². The quantitative estimate of drug-likeness (QED) is 0.0932. The molecule has 128 heavy (non-hydrogen) atoms. The minimum Gasteiger partial charge on any atom is -0.208 e. The van der Waals surface area contributed by atoms with Crippen molar-refractivity contribution in [1.82, 2.24) is 44.9 Å². The average molecular weight is 1650 g/mol. The Balaban J connectivity index is 0.000000118. The summed E-state index contributed by atoms with van der Waals surface area (Å²) in [7, 11) is 0. The highest BCUT2D eigenvalue weighted by Crippen LogP contribution is 2.55. The molecule has 3 heterocycles. The van der Waals surface area contributed by atoms with Gasteiger partial charge in [-0.1, -0.05) is 428 Å². The molecule has 0 atom stereocenters. The molecule has 0 saturated heterocycles. The predicted octanol–water partition coefficient (Wildman–Crippen LogP) is 30.4. The highest BCUT2D eigenvalue weighted by atomic mass is 15.1. The molecule has 2 aliphatic carbocycles. The van der Waals surface area contributed by atoms with E-state index in [-0.39, 0.29) is 10.8 Å². The average Bonchev–Trinajstić information content (AvgIpc) is 1.57. The zero-order valence-electron chi connectivity index (χ0n) is 71.7. The molecule has 3 aromatic heterocycles. The Bertz CT molecular complexity index is 7380. The molecule has 0 radical (unpaired) electrons. The van der Waals surface area contributed by atoms with Gasteiger partial charge in [-0.2, -0.15) is 0 Å². The number of hydrogen-bond acceptors (Lipinski definition) is 9. The SMILES string of the molecule is CCC1(CC)c2ccccc2-c2ccc(-c3nc(-c4ccc5c(c4)C(CC)(CC)c4ccccc4-5)nc(-c4ccc5ccccc5c4)n3)cc21.c1ccc(-c2ccc(-c3nc(-c4ccc(-c5ccccc5)cc4)nc(-c4cccc5ccccc45)n3)cc2)cc1.c1ccc(-c2ccc(-c3nc(-c4cccc5ccccc45)nc(-c4cccc5ccccc45)n3)cc2)cc1. The molecule has 0 fully saturated rings. The fourth-order valence-corrected chi connectivity index (χ4v) is 19.4. The minimum absolute atomic E-state index is 0.0302. The molecular weight excluding hydrogens is 1560 g/mol. The number of nitrogens with zero attached hydrogens (tertiary/aromatic N) is 9. The monoisotopic (exact) mass is 1640 g/mol. The van der Waals surface area contributed by atoms with Gasteiger partial charge in [0, 0.05) is 60.9 Å². The van der Waals surface area contributed by atoms with Gasteiger partial charge in [-0.15, -0.1) is 0 Å². The van der Waals surface area contributed by atoms with Crippen LogP contribution in [0.3, 0.4) is 0 Å². The van der Waals surface area contributed by atoms with Crippen molar-refractivity contribution in [2.45, 2.75) is 64.2 Å². The molecule has 18 aromatic carbocycles. The van der Waals surface area contributed by atoms with Crippen LogP contribution in [-0.4, -0.2) is 44.9 Å². The first-order valence-electron chi connectivity index (χ1n) is 44.4.